The van der Waals surface area contributed by atoms with E-state index < -0.39 is 0 Å². The summed E-state index contributed by atoms with van der Waals surface area (Å²) in [6, 6.07) is 0.556. The van der Waals surface area contributed by atoms with Crippen LogP contribution in [0.4, 0.5) is 0 Å². The molecule has 2 saturated carbocycles. The highest BCUT2D eigenvalue weighted by atomic mass is 15.3. The van der Waals surface area contributed by atoms with E-state index in [2.05, 4.69) is 36.7 Å². The molecule has 100 valence electrons. The van der Waals surface area contributed by atoms with Gasteiger partial charge in [0, 0.05) is 24.3 Å². The summed E-state index contributed by atoms with van der Waals surface area (Å²) in [4.78, 5) is 0. The number of aromatic nitrogens is 2. The van der Waals surface area contributed by atoms with E-state index >= 15 is 0 Å². The van der Waals surface area contributed by atoms with Gasteiger partial charge < -0.3 is 5.32 Å². The Morgan fingerprint density at radius 3 is 2.78 bits per heavy atom. The van der Waals surface area contributed by atoms with E-state index in [0.717, 1.165) is 30.8 Å². The topological polar surface area (TPSA) is 29.9 Å². The van der Waals surface area contributed by atoms with Gasteiger partial charge in [-0.25, -0.2) is 0 Å². The summed E-state index contributed by atoms with van der Waals surface area (Å²) in [5.74, 6) is 2.90. The van der Waals surface area contributed by atoms with Crippen molar-refractivity contribution in [2.75, 3.05) is 6.54 Å². The maximum absolute atomic E-state index is 4.44. The molecule has 0 amide bonds. The van der Waals surface area contributed by atoms with Crippen molar-refractivity contribution in [3.05, 3.63) is 18.0 Å². The van der Waals surface area contributed by atoms with Crippen molar-refractivity contribution >= 4 is 0 Å². The van der Waals surface area contributed by atoms with Crippen LogP contribution in [0.3, 0.4) is 0 Å². The third kappa shape index (κ3) is 2.09. The number of fused-ring (bicyclic) bond motifs is 1. The molecule has 1 aromatic rings. The molecule has 1 aromatic heterocycles. The van der Waals surface area contributed by atoms with Gasteiger partial charge in [-0.1, -0.05) is 13.3 Å². The van der Waals surface area contributed by atoms with Crippen molar-refractivity contribution in [2.24, 2.45) is 17.8 Å². The Bertz CT molecular complexity index is 388. The number of rotatable bonds is 6. The highest BCUT2D eigenvalue weighted by Gasteiger charge is 2.56. The molecule has 2 aliphatic rings. The minimum atomic E-state index is 0.556. The van der Waals surface area contributed by atoms with Crippen LogP contribution in [-0.2, 0) is 6.54 Å². The van der Waals surface area contributed by atoms with Gasteiger partial charge in [0.15, 0.2) is 0 Å². The maximum atomic E-state index is 4.44. The zero-order valence-corrected chi connectivity index (χ0v) is 11.6. The van der Waals surface area contributed by atoms with Gasteiger partial charge in [0.05, 0.1) is 6.20 Å². The van der Waals surface area contributed by atoms with Gasteiger partial charge in [-0.2, -0.15) is 5.10 Å². The average Bonchev–Trinajstić information content (AvgIpc) is 2.81. The van der Waals surface area contributed by atoms with E-state index in [1.807, 2.05) is 4.68 Å². The van der Waals surface area contributed by atoms with E-state index in [-0.39, 0.29) is 0 Å². The van der Waals surface area contributed by atoms with Crippen molar-refractivity contribution in [1.82, 2.24) is 15.1 Å². The van der Waals surface area contributed by atoms with Gasteiger partial charge in [-0.15, -0.1) is 0 Å². The van der Waals surface area contributed by atoms with E-state index in [4.69, 9.17) is 0 Å². The smallest absolute Gasteiger partial charge is 0.0537 e. The normalized spacial score (nSPS) is 31.3. The lowest BCUT2D eigenvalue weighted by Gasteiger charge is -2.19. The van der Waals surface area contributed by atoms with E-state index in [9.17, 15) is 0 Å². The Balaban J connectivity index is 1.73. The molecule has 1 heterocycles. The maximum Gasteiger partial charge on any atom is 0.0537 e. The van der Waals surface area contributed by atoms with Crippen LogP contribution in [0.1, 0.15) is 51.1 Å². The fourth-order valence-electron chi connectivity index (χ4n) is 3.86. The number of hydrogen-bond acceptors (Lipinski definition) is 2. The van der Waals surface area contributed by atoms with Crippen LogP contribution in [0.25, 0.3) is 0 Å². The standard InChI is InChI=1S/C15H25N3/c1-3-8-16-15(11-9-17-18(4-2)10-11)14-12-6-5-7-13(12)14/h9-10,12-16H,3-8H2,1-2H3. The Kier molecular flexibility index (Phi) is 3.42. The molecule has 0 saturated heterocycles. The first-order valence-electron chi connectivity index (χ1n) is 7.60. The van der Waals surface area contributed by atoms with Crippen molar-refractivity contribution in [3.63, 3.8) is 0 Å². The minimum Gasteiger partial charge on any atom is -0.310 e. The van der Waals surface area contributed by atoms with E-state index in [1.165, 1.54) is 31.2 Å². The van der Waals surface area contributed by atoms with E-state index in [0.29, 0.717) is 6.04 Å². The highest BCUT2D eigenvalue weighted by molar-refractivity contribution is 5.19. The van der Waals surface area contributed by atoms with Crippen LogP contribution in [0.2, 0.25) is 0 Å². The average molecular weight is 247 g/mol. The van der Waals surface area contributed by atoms with Crippen LogP contribution < -0.4 is 5.32 Å². The molecule has 1 N–H and O–H groups in total. The fourth-order valence-corrected chi connectivity index (χ4v) is 3.86. The van der Waals surface area contributed by atoms with Crippen LogP contribution in [0, 0.1) is 17.8 Å². The van der Waals surface area contributed by atoms with Crippen molar-refractivity contribution in [3.8, 4) is 0 Å². The van der Waals surface area contributed by atoms with Gasteiger partial charge in [-0.3, -0.25) is 4.68 Å². The Hall–Kier alpha value is -0.830. The Morgan fingerprint density at radius 1 is 1.39 bits per heavy atom. The SMILES string of the molecule is CCCNC(c1cnn(CC)c1)C1C2CCCC21. The lowest BCUT2D eigenvalue weighted by molar-refractivity contribution is 0.417. The molecule has 18 heavy (non-hydrogen) atoms. The minimum absolute atomic E-state index is 0.556. The van der Waals surface area contributed by atoms with Gasteiger partial charge in [0.1, 0.15) is 0 Å². The Labute approximate surface area is 110 Å². The zero-order chi connectivity index (χ0) is 12.5. The molecular formula is C15H25N3. The van der Waals surface area contributed by atoms with Crippen LogP contribution in [0.5, 0.6) is 0 Å². The second kappa shape index (κ2) is 5.04. The molecular weight excluding hydrogens is 222 g/mol. The highest BCUT2D eigenvalue weighted by Crippen LogP contribution is 2.62. The molecule has 2 fully saturated rings. The molecule has 3 atom stereocenters. The van der Waals surface area contributed by atoms with Crippen LogP contribution in [-0.4, -0.2) is 16.3 Å². The van der Waals surface area contributed by atoms with E-state index in [1.54, 1.807) is 0 Å². The van der Waals surface area contributed by atoms with Gasteiger partial charge in [0.25, 0.3) is 0 Å². The first-order valence-corrected chi connectivity index (χ1v) is 7.60. The van der Waals surface area contributed by atoms with Crippen molar-refractivity contribution in [2.45, 2.75) is 52.1 Å². The number of nitrogens with one attached hydrogen (secondary N) is 1. The molecule has 3 unspecified atom stereocenters. The zero-order valence-electron chi connectivity index (χ0n) is 11.6. The quantitative estimate of drug-likeness (QED) is 0.837. The Morgan fingerprint density at radius 2 is 2.17 bits per heavy atom. The summed E-state index contributed by atoms with van der Waals surface area (Å²) in [6.07, 6.45) is 9.90. The lowest BCUT2D eigenvalue weighted by atomic mass is 9.99. The molecule has 0 bridgehead atoms. The summed E-state index contributed by atoms with van der Waals surface area (Å²) in [6.45, 7) is 6.49. The fraction of sp³-hybridized carbons (Fsp3) is 0.800. The number of aryl methyl sites for hydroxylation is 1. The third-order valence-corrected chi connectivity index (χ3v) is 4.81. The predicted octanol–water partition coefficient (Wildman–Crippen LogP) is 2.99. The predicted molar refractivity (Wildman–Crippen MR) is 73.3 cm³/mol. The molecule has 0 aromatic carbocycles. The number of hydrogen-bond donors (Lipinski definition) is 1. The molecule has 0 radical (unpaired) electrons. The third-order valence-electron chi connectivity index (χ3n) is 4.81. The first kappa shape index (κ1) is 12.2. The molecule has 3 heteroatoms. The van der Waals surface area contributed by atoms with Crippen molar-refractivity contribution < 1.29 is 0 Å². The first-order chi connectivity index (χ1) is 8.85. The van der Waals surface area contributed by atoms with Gasteiger partial charge in [-0.05, 0) is 50.5 Å². The summed E-state index contributed by atoms with van der Waals surface area (Å²) in [7, 11) is 0. The van der Waals surface area contributed by atoms with Gasteiger partial charge >= 0.3 is 0 Å². The summed E-state index contributed by atoms with van der Waals surface area (Å²) >= 11 is 0. The molecule has 2 aliphatic carbocycles. The largest absolute Gasteiger partial charge is 0.310 e. The summed E-state index contributed by atoms with van der Waals surface area (Å²) < 4.78 is 2.05. The molecule has 0 spiro atoms. The van der Waals surface area contributed by atoms with Gasteiger partial charge in [0.2, 0.25) is 0 Å². The van der Waals surface area contributed by atoms with Crippen LogP contribution >= 0.6 is 0 Å². The summed E-state index contributed by atoms with van der Waals surface area (Å²) in [5, 5.41) is 8.20. The molecule has 0 aliphatic heterocycles. The summed E-state index contributed by atoms with van der Waals surface area (Å²) in [5.41, 5.74) is 1.41. The second-order valence-electron chi connectivity index (χ2n) is 5.90. The molecule has 3 rings (SSSR count). The van der Waals surface area contributed by atoms with Crippen molar-refractivity contribution in [1.29, 1.82) is 0 Å². The lowest BCUT2D eigenvalue weighted by Crippen LogP contribution is -2.25. The van der Waals surface area contributed by atoms with Crippen LogP contribution in [0.15, 0.2) is 12.4 Å². The second-order valence-corrected chi connectivity index (χ2v) is 5.90. The monoisotopic (exact) mass is 247 g/mol. The number of nitrogens with zero attached hydrogens (tertiary/aromatic N) is 2. The molecule has 3 nitrogen and oxygen atoms in total.